The number of epoxide rings is 1. The van der Waals surface area contributed by atoms with Crippen LogP contribution in [0.2, 0.25) is 6.04 Å². The second-order valence-corrected chi connectivity index (χ2v) is 7.00. The second-order valence-electron chi connectivity index (χ2n) is 3.60. The molecule has 1 unspecified atom stereocenters. The van der Waals surface area contributed by atoms with Gasteiger partial charge in [0.2, 0.25) is 0 Å². The molecule has 1 saturated heterocycles. The van der Waals surface area contributed by atoms with Crippen LogP contribution in [0.1, 0.15) is 20.8 Å². The first-order chi connectivity index (χ1) is 7.26. The van der Waals surface area contributed by atoms with Crippen molar-refractivity contribution in [2.24, 2.45) is 0 Å². The molecule has 15 heavy (non-hydrogen) atoms. The second kappa shape index (κ2) is 6.60. The quantitative estimate of drug-likeness (QED) is 0.447. The van der Waals surface area contributed by atoms with Gasteiger partial charge in [-0.3, -0.25) is 0 Å². The Morgan fingerprint density at radius 2 is 1.80 bits per heavy atom. The number of ether oxygens (including phenoxy) is 2. The van der Waals surface area contributed by atoms with E-state index in [0.717, 1.165) is 12.7 Å². The molecule has 0 N–H and O–H groups in total. The van der Waals surface area contributed by atoms with Gasteiger partial charge in [-0.15, -0.1) is 0 Å². The Hall–Kier alpha value is 0.0569. The molecule has 1 atom stereocenters. The lowest BCUT2D eigenvalue weighted by Gasteiger charge is -2.28. The van der Waals surface area contributed by atoms with Crippen LogP contribution >= 0.6 is 0 Å². The molecule has 0 bridgehead atoms. The van der Waals surface area contributed by atoms with Crippen molar-refractivity contribution in [1.82, 2.24) is 0 Å². The molecular formula is C10H22O4Si. The van der Waals surface area contributed by atoms with Gasteiger partial charge in [-0.1, -0.05) is 6.92 Å². The van der Waals surface area contributed by atoms with Crippen molar-refractivity contribution in [2.75, 3.05) is 32.7 Å². The van der Waals surface area contributed by atoms with Crippen molar-refractivity contribution in [3.63, 3.8) is 0 Å². The van der Waals surface area contributed by atoms with E-state index in [4.69, 9.17) is 18.3 Å². The summed E-state index contributed by atoms with van der Waals surface area (Å²) in [5, 5.41) is 0. The molecule has 4 nitrogen and oxygen atoms in total. The summed E-state index contributed by atoms with van der Waals surface area (Å²) in [6.45, 7) is 9.01. The molecule has 0 aromatic rings. The molecule has 1 aliphatic rings. The Kier molecular flexibility index (Phi) is 5.77. The summed E-state index contributed by atoms with van der Waals surface area (Å²) in [6.07, 6.45) is 0.933. The van der Waals surface area contributed by atoms with Crippen molar-refractivity contribution in [3.8, 4) is 0 Å². The zero-order valence-corrected chi connectivity index (χ0v) is 11.0. The van der Waals surface area contributed by atoms with Crippen LogP contribution in [0.25, 0.3) is 0 Å². The minimum absolute atomic E-state index is 0.316. The smallest absolute Gasteiger partial charge is 0.364 e. The van der Waals surface area contributed by atoms with Crippen LogP contribution in [0, 0.1) is 0 Å². The average molecular weight is 234 g/mol. The van der Waals surface area contributed by atoms with E-state index < -0.39 is 8.56 Å². The van der Waals surface area contributed by atoms with E-state index in [0.29, 0.717) is 32.2 Å². The van der Waals surface area contributed by atoms with E-state index in [1.807, 2.05) is 13.8 Å². The van der Waals surface area contributed by atoms with Gasteiger partial charge in [-0.05, 0) is 19.9 Å². The van der Waals surface area contributed by atoms with Crippen molar-refractivity contribution >= 4 is 8.56 Å². The lowest BCUT2D eigenvalue weighted by atomic mass is 10.5. The van der Waals surface area contributed by atoms with Gasteiger partial charge in [0, 0.05) is 13.2 Å². The summed E-state index contributed by atoms with van der Waals surface area (Å²) < 4.78 is 22.2. The monoisotopic (exact) mass is 234 g/mol. The fraction of sp³-hybridized carbons (Fsp3) is 1.00. The minimum atomic E-state index is -2.09. The Morgan fingerprint density at radius 1 is 1.20 bits per heavy atom. The van der Waals surface area contributed by atoms with Gasteiger partial charge >= 0.3 is 8.56 Å². The highest BCUT2D eigenvalue weighted by atomic mass is 28.4. The van der Waals surface area contributed by atoms with Gasteiger partial charge in [0.05, 0.1) is 19.4 Å². The Labute approximate surface area is 93.1 Å². The maximum atomic E-state index is 5.77. The summed E-state index contributed by atoms with van der Waals surface area (Å²) in [5.74, 6) is 0. The van der Waals surface area contributed by atoms with Crippen LogP contribution in [-0.2, 0) is 18.3 Å². The largest absolute Gasteiger partial charge is 0.393 e. The van der Waals surface area contributed by atoms with Crippen molar-refractivity contribution < 1.29 is 18.3 Å². The summed E-state index contributed by atoms with van der Waals surface area (Å²) in [6, 6.07) is 0.931. The maximum Gasteiger partial charge on any atom is 0.364 e. The predicted octanol–water partition coefficient (Wildman–Crippen LogP) is 1.48. The summed E-state index contributed by atoms with van der Waals surface area (Å²) >= 11 is 0. The molecule has 0 amide bonds. The van der Waals surface area contributed by atoms with Crippen LogP contribution < -0.4 is 0 Å². The standard InChI is InChI=1S/C10H22O4Si/c1-4-13-15(6-3,14-5-2)9-11-7-10-8-12-10/h10H,4-9H2,1-3H3. The lowest BCUT2D eigenvalue weighted by molar-refractivity contribution is 0.0962. The molecule has 90 valence electrons. The molecule has 5 heteroatoms. The Balaban J connectivity index is 2.29. The summed E-state index contributed by atoms with van der Waals surface area (Å²) in [4.78, 5) is 0. The van der Waals surface area contributed by atoms with Crippen molar-refractivity contribution in [1.29, 1.82) is 0 Å². The fourth-order valence-electron chi connectivity index (χ4n) is 1.47. The predicted molar refractivity (Wildman–Crippen MR) is 60.0 cm³/mol. The maximum absolute atomic E-state index is 5.77. The van der Waals surface area contributed by atoms with E-state index in [9.17, 15) is 0 Å². The third-order valence-electron chi connectivity index (χ3n) is 2.38. The van der Waals surface area contributed by atoms with Gasteiger partial charge in [0.25, 0.3) is 0 Å². The molecule has 1 heterocycles. The van der Waals surface area contributed by atoms with Crippen molar-refractivity contribution in [2.45, 2.75) is 32.9 Å². The zero-order valence-electron chi connectivity index (χ0n) is 9.95. The molecule has 0 aliphatic carbocycles. The van der Waals surface area contributed by atoms with E-state index in [1.165, 1.54) is 0 Å². The summed E-state index contributed by atoms with van der Waals surface area (Å²) in [7, 11) is -2.09. The molecule has 1 rings (SSSR count). The van der Waals surface area contributed by atoms with Crippen LogP contribution in [-0.4, -0.2) is 47.3 Å². The third kappa shape index (κ3) is 4.61. The highest BCUT2D eigenvalue weighted by molar-refractivity contribution is 6.67. The van der Waals surface area contributed by atoms with Gasteiger partial charge in [-0.25, -0.2) is 0 Å². The van der Waals surface area contributed by atoms with Crippen LogP contribution in [0.3, 0.4) is 0 Å². The minimum Gasteiger partial charge on any atom is -0.393 e. The van der Waals surface area contributed by atoms with E-state index in [-0.39, 0.29) is 0 Å². The zero-order chi connectivity index (χ0) is 11.1. The number of hydrogen-bond donors (Lipinski definition) is 0. The average Bonchev–Trinajstić information content (AvgIpc) is 3.02. The van der Waals surface area contributed by atoms with E-state index >= 15 is 0 Å². The number of hydrogen-bond acceptors (Lipinski definition) is 4. The molecule has 1 fully saturated rings. The van der Waals surface area contributed by atoms with Gasteiger partial charge in [-0.2, -0.15) is 0 Å². The first-order valence-corrected chi connectivity index (χ1v) is 7.96. The Bertz CT molecular complexity index is 167. The third-order valence-corrected chi connectivity index (χ3v) is 5.73. The normalized spacial score (nSPS) is 20.6. The fourth-order valence-corrected chi connectivity index (χ4v) is 3.81. The summed E-state index contributed by atoms with van der Waals surface area (Å²) in [5.41, 5.74) is 0. The number of rotatable bonds is 9. The van der Waals surface area contributed by atoms with Crippen LogP contribution in [0.5, 0.6) is 0 Å². The van der Waals surface area contributed by atoms with Gasteiger partial charge in [0.15, 0.2) is 0 Å². The lowest BCUT2D eigenvalue weighted by Crippen LogP contribution is -2.47. The first-order valence-electron chi connectivity index (χ1n) is 5.73. The molecule has 0 radical (unpaired) electrons. The molecule has 0 spiro atoms. The van der Waals surface area contributed by atoms with E-state index in [2.05, 4.69) is 6.92 Å². The SMILES string of the molecule is CCO[Si](CC)(COCC1CO1)OCC. The highest BCUT2D eigenvalue weighted by Gasteiger charge is 2.36. The molecular weight excluding hydrogens is 212 g/mol. The van der Waals surface area contributed by atoms with Gasteiger partial charge < -0.3 is 18.3 Å². The first kappa shape index (κ1) is 13.1. The highest BCUT2D eigenvalue weighted by Crippen LogP contribution is 2.16. The topological polar surface area (TPSA) is 40.2 Å². The molecule has 1 aliphatic heterocycles. The molecule has 0 aromatic heterocycles. The van der Waals surface area contributed by atoms with Crippen LogP contribution in [0.15, 0.2) is 0 Å². The molecule has 0 saturated carbocycles. The van der Waals surface area contributed by atoms with Crippen LogP contribution in [0.4, 0.5) is 0 Å². The molecule has 0 aromatic carbocycles. The van der Waals surface area contributed by atoms with Crippen molar-refractivity contribution in [3.05, 3.63) is 0 Å². The Morgan fingerprint density at radius 3 is 2.20 bits per heavy atom. The van der Waals surface area contributed by atoms with E-state index in [1.54, 1.807) is 0 Å². The van der Waals surface area contributed by atoms with Gasteiger partial charge in [0.1, 0.15) is 6.10 Å².